The van der Waals surface area contributed by atoms with E-state index in [1.165, 1.54) is 24.1 Å². The number of nitrogens with one attached hydrogen (secondary N) is 1. The number of benzene rings is 3. The van der Waals surface area contributed by atoms with Crippen molar-refractivity contribution in [2.75, 3.05) is 18.0 Å². The Morgan fingerprint density at radius 3 is 2.18 bits per heavy atom. The summed E-state index contributed by atoms with van der Waals surface area (Å²) in [7, 11) is -2.64. The quantitative estimate of drug-likeness (QED) is 0.347. The summed E-state index contributed by atoms with van der Waals surface area (Å²) in [6.07, 6.45) is 0. The second-order valence-corrected chi connectivity index (χ2v) is 11.8. The molecule has 0 heterocycles. The number of carbonyl (C=O) groups excluding carboxylic acids is 2. The molecule has 0 fully saturated rings. The summed E-state index contributed by atoms with van der Waals surface area (Å²) in [4.78, 5) is 28.2. The molecule has 38 heavy (non-hydrogen) atoms. The van der Waals surface area contributed by atoms with Gasteiger partial charge >= 0.3 is 0 Å². The number of hydrogen-bond acceptors (Lipinski definition) is 5. The largest absolute Gasteiger partial charge is 0.497 e. The molecule has 0 aromatic heterocycles. The molecule has 10 heteroatoms. The zero-order valence-electron chi connectivity index (χ0n) is 21.8. The van der Waals surface area contributed by atoms with Gasteiger partial charge in [0.1, 0.15) is 18.3 Å². The van der Waals surface area contributed by atoms with Crippen LogP contribution in [0, 0.1) is 0 Å². The molecule has 3 aromatic carbocycles. The van der Waals surface area contributed by atoms with Crippen LogP contribution in [-0.4, -0.2) is 50.9 Å². The molecule has 0 bridgehead atoms. The van der Waals surface area contributed by atoms with Crippen molar-refractivity contribution in [1.29, 1.82) is 0 Å². The van der Waals surface area contributed by atoms with E-state index < -0.39 is 28.5 Å². The highest BCUT2D eigenvalue weighted by Crippen LogP contribution is 2.26. The third kappa shape index (κ3) is 7.35. The van der Waals surface area contributed by atoms with Crippen LogP contribution in [0.1, 0.15) is 26.3 Å². The Morgan fingerprint density at radius 1 is 0.947 bits per heavy atom. The number of methoxy groups -OCH3 is 1. The summed E-state index contributed by atoms with van der Waals surface area (Å²) in [6.45, 7) is 4.94. The smallest absolute Gasteiger partial charge is 0.264 e. The van der Waals surface area contributed by atoms with Crippen molar-refractivity contribution in [2.45, 2.75) is 44.3 Å². The third-order valence-electron chi connectivity index (χ3n) is 5.81. The Bertz CT molecular complexity index is 1350. The van der Waals surface area contributed by atoms with Gasteiger partial charge in [0.2, 0.25) is 11.8 Å². The number of ether oxygens (including phenoxy) is 1. The molecular weight excluding hydrogens is 570 g/mol. The minimum atomic E-state index is -4.13. The monoisotopic (exact) mass is 601 g/mol. The van der Waals surface area contributed by atoms with E-state index in [9.17, 15) is 18.0 Å². The van der Waals surface area contributed by atoms with Gasteiger partial charge in [0.05, 0.1) is 17.7 Å². The maximum absolute atomic E-state index is 13.8. The minimum absolute atomic E-state index is 0.0130. The maximum atomic E-state index is 13.8. The first-order valence-electron chi connectivity index (χ1n) is 12.1. The number of amides is 2. The molecule has 8 nitrogen and oxygen atoms in total. The molecule has 0 aliphatic carbocycles. The summed E-state index contributed by atoms with van der Waals surface area (Å²) in [6, 6.07) is 20.8. The second kappa shape index (κ2) is 12.9. The Labute approximate surface area is 232 Å². The summed E-state index contributed by atoms with van der Waals surface area (Å²) in [5.74, 6) is -0.332. The van der Waals surface area contributed by atoms with Crippen LogP contribution in [0.2, 0.25) is 0 Å². The maximum Gasteiger partial charge on any atom is 0.264 e. The van der Waals surface area contributed by atoms with Crippen LogP contribution in [0.15, 0.2) is 88.2 Å². The van der Waals surface area contributed by atoms with Gasteiger partial charge in [0.25, 0.3) is 10.0 Å². The number of rotatable bonds is 11. The van der Waals surface area contributed by atoms with E-state index >= 15 is 0 Å². The van der Waals surface area contributed by atoms with Crippen LogP contribution in [0.5, 0.6) is 5.75 Å². The Hall–Kier alpha value is -3.37. The molecule has 0 aliphatic heterocycles. The second-order valence-electron chi connectivity index (χ2n) is 9.01. The van der Waals surface area contributed by atoms with Crippen molar-refractivity contribution in [1.82, 2.24) is 10.2 Å². The summed E-state index contributed by atoms with van der Waals surface area (Å²) in [5.41, 5.74) is 1.12. The Kier molecular flexibility index (Phi) is 9.93. The fourth-order valence-electron chi connectivity index (χ4n) is 3.82. The molecule has 3 rings (SSSR count). The molecule has 0 saturated carbocycles. The van der Waals surface area contributed by atoms with E-state index in [-0.39, 0.29) is 23.4 Å². The van der Waals surface area contributed by atoms with Crippen molar-refractivity contribution < 1.29 is 22.7 Å². The Morgan fingerprint density at radius 2 is 1.61 bits per heavy atom. The summed E-state index contributed by atoms with van der Waals surface area (Å²) in [5, 5.41) is 2.84. The number of para-hydroxylation sites is 1. The van der Waals surface area contributed by atoms with Gasteiger partial charge in [-0.2, -0.15) is 0 Å². The number of anilines is 1. The number of sulfonamides is 1. The van der Waals surface area contributed by atoms with Gasteiger partial charge in [-0.25, -0.2) is 8.42 Å². The van der Waals surface area contributed by atoms with Crippen molar-refractivity contribution in [3.8, 4) is 5.75 Å². The standard InChI is InChI=1S/C28H32BrN3O5S/c1-20(2)30-28(34)21(3)31(18-22-9-8-10-23(29)17-22)27(33)19-32(24-11-6-5-7-12-24)38(35,36)26-15-13-25(37-4)14-16-26/h5-17,20-21H,18-19H2,1-4H3,(H,30,34)/t21-/m0/s1. The molecule has 1 atom stereocenters. The minimum Gasteiger partial charge on any atom is -0.497 e. The zero-order chi connectivity index (χ0) is 27.9. The van der Waals surface area contributed by atoms with E-state index in [0.717, 1.165) is 14.3 Å². The van der Waals surface area contributed by atoms with Crippen LogP contribution in [0.25, 0.3) is 0 Å². The lowest BCUT2D eigenvalue weighted by Crippen LogP contribution is -2.52. The lowest BCUT2D eigenvalue weighted by atomic mass is 10.1. The zero-order valence-corrected chi connectivity index (χ0v) is 24.2. The van der Waals surface area contributed by atoms with Crippen LogP contribution in [0.4, 0.5) is 5.69 Å². The van der Waals surface area contributed by atoms with Gasteiger partial charge in [-0.15, -0.1) is 0 Å². The summed E-state index contributed by atoms with van der Waals surface area (Å²) < 4.78 is 34.6. The number of carbonyl (C=O) groups is 2. The van der Waals surface area contributed by atoms with E-state index in [2.05, 4.69) is 21.2 Å². The lowest BCUT2D eigenvalue weighted by Gasteiger charge is -2.32. The van der Waals surface area contributed by atoms with E-state index in [4.69, 9.17) is 4.74 Å². The number of nitrogens with zero attached hydrogens (tertiary/aromatic N) is 2. The highest BCUT2D eigenvalue weighted by atomic mass is 79.9. The molecule has 202 valence electrons. The molecule has 0 spiro atoms. The highest BCUT2D eigenvalue weighted by molar-refractivity contribution is 9.10. The first kappa shape index (κ1) is 29.2. The number of hydrogen-bond donors (Lipinski definition) is 1. The molecule has 0 saturated heterocycles. The summed E-state index contributed by atoms with van der Waals surface area (Å²) >= 11 is 3.44. The third-order valence-corrected chi connectivity index (χ3v) is 8.09. The van der Waals surface area contributed by atoms with E-state index in [0.29, 0.717) is 11.4 Å². The van der Waals surface area contributed by atoms with Gasteiger partial charge in [0.15, 0.2) is 0 Å². The molecule has 0 radical (unpaired) electrons. The van der Waals surface area contributed by atoms with Crippen molar-refractivity contribution in [3.05, 3.63) is 88.9 Å². The van der Waals surface area contributed by atoms with E-state index in [1.54, 1.807) is 49.4 Å². The first-order chi connectivity index (χ1) is 18.0. The molecule has 1 N–H and O–H groups in total. The van der Waals surface area contributed by atoms with Crippen LogP contribution in [0.3, 0.4) is 0 Å². The normalized spacial score (nSPS) is 12.1. The van der Waals surface area contributed by atoms with Crippen molar-refractivity contribution >= 4 is 43.5 Å². The van der Waals surface area contributed by atoms with Crippen LogP contribution >= 0.6 is 15.9 Å². The predicted octanol–water partition coefficient (Wildman–Crippen LogP) is 4.59. The van der Waals surface area contributed by atoms with Crippen LogP contribution < -0.4 is 14.4 Å². The average molecular weight is 603 g/mol. The SMILES string of the molecule is COc1ccc(S(=O)(=O)N(CC(=O)N(Cc2cccc(Br)c2)[C@@H](C)C(=O)NC(C)C)c2ccccc2)cc1. The van der Waals surface area contributed by atoms with E-state index in [1.807, 2.05) is 38.1 Å². The van der Waals surface area contributed by atoms with Gasteiger partial charge in [-0.1, -0.05) is 46.3 Å². The first-order valence-corrected chi connectivity index (χ1v) is 14.3. The molecule has 0 unspecified atom stereocenters. The highest BCUT2D eigenvalue weighted by Gasteiger charge is 2.32. The molecule has 0 aliphatic rings. The lowest BCUT2D eigenvalue weighted by molar-refractivity contribution is -0.139. The van der Waals surface area contributed by atoms with Crippen LogP contribution in [-0.2, 0) is 26.2 Å². The fourth-order valence-corrected chi connectivity index (χ4v) is 5.68. The topological polar surface area (TPSA) is 96.0 Å². The van der Waals surface area contributed by atoms with Crippen molar-refractivity contribution in [3.63, 3.8) is 0 Å². The van der Waals surface area contributed by atoms with Crippen molar-refractivity contribution in [2.24, 2.45) is 0 Å². The predicted molar refractivity (Wildman–Crippen MR) is 151 cm³/mol. The van der Waals surface area contributed by atoms with Gasteiger partial charge in [-0.05, 0) is 74.9 Å². The molecular formula is C28H32BrN3O5S. The molecule has 2 amide bonds. The fraction of sp³-hybridized carbons (Fsp3) is 0.286. The van der Waals surface area contributed by atoms with Gasteiger partial charge < -0.3 is 15.0 Å². The van der Waals surface area contributed by atoms with Gasteiger partial charge in [0, 0.05) is 17.1 Å². The van der Waals surface area contributed by atoms with Gasteiger partial charge in [-0.3, -0.25) is 13.9 Å². The average Bonchev–Trinajstić information content (AvgIpc) is 2.90. The number of halogens is 1. The molecule has 3 aromatic rings. The Balaban J connectivity index is 2.00.